The van der Waals surface area contributed by atoms with Gasteiger partial charge in [-0.1, -0.05) is 12.1 Å². The zero-order chi connectivity index (χ0) is 11.6. The van der Waals surface area contributed by atoms with Gasteiger partial charge >= 0.3 is 5.97 Å². The quantitative estimate of drug-likeness (QED) is 0.615. The van der Waals surface area contributed by atoms with Gasteiger partial charge in [-0.15, -0.1) is 0 Å². The van der Waals surface area contributed by atoms with Crippen molar-refractivity contribution in [2.75, 3.05) is 13.7 Å². The predicted octanol–water partition coefficient (Wildman–Crippen LogP) is 1.98. The molecule has 86 valence electrons. The minimum atomic E-state index is -1.50. The Kier molecular flexibility index (Phi) is 2.92. The lowest BCUT2D eigenvalue weighted by molar-refractivity contribution is 0.0600. The fourth-order valence-corrected chi connectivity index (χ4v) is 1.96. The van der Waals surface area contributed by atoms with Gasteiger partial charge in [-0.05, 0) is 25.1 Å². The lowest BCUT2D eigenvalue weighted by Crippen LogP contribution is -2.31. The number of rotatable bonds is 2. The van der Waals surface area contributed by atoms with Crippen LogP contribution in [0.25, 0.3) is 0 Å². The van der Waals surface area contributed by atoms with Crippen LogP contribution in [-0.4, -0.2) is 19.6 Å². The van der Waals surface area contributed by atoms with Crippen molar-refractivity contribution >= 4 is 5.97 Å². The maximum Gasteiger partial charge on any atom is 0.337 e. The number of alkyl halides is 1. The van der Waals surface area contributed by atoms with Crippen LogP contribution in [0, 0.1) is 0 Å². The summed E-state index contributed by atoms with van der Waals surface area (Å²) < 4.78 is 18.9. The SMILES string of the molecule is COC(=O)c1cccc(C2(F)CCCN2)c1. The van der Waals surface area contributed by atoms with E-state index in [1.54, 1.807) is 24.3 Å². The van der Waals surface area contributed by atoms with Crippen LogP contribution in [0.1, 0.15) is 28.8 Å². The second-order valence-corrected chi connectivity index (χ2v) is 3.90. The van der Waals surface area contributed by atoms with E-state index in [1.807, 2.05) is 0 Å². The van der Waals surface area contributed by atoms with Gasteiger partial charge in [0.2, 0.25) is 0 Å². The van der Waals surface area contributed by atoms with Crippen LogP contribution in [-0.2, 0) is 10.5 Å². The molecule has 1 fully saturated rings. The van der Waals surface area contributed by atoms with Crippen LogP contribution < -0.4 is 5.32 Å². The molecule has 0 bridgehead atoms. The molecule has 1 unspecified atom stereocenters. The zero-order valence-corrected chi connectivity index (χ0v) is 9.13. The van der Waals surface area contributed by atoms with Gasteiger partial charge < -0.3 is 4.74 Å². The van der Waals surface area contributed by atoms with Crippen LogP contribution >= 0.6 is 0 Å². The topological polar surface area (TPSA) is 38.3 Å². The number of esters is 1. The van der Waals surface area contributed by atoms with Gasteiger partial charge in [-0.3, -0.25) is 5.32 Å². The summed E-state index contributed by atoms with van der Waals surface area (Å²) in [5.74, 6) is -1.94. The molecule has 1 saturated heterocycles. The Morgan fingerprint density at radius 3 is 3.00 bits per heavy atom. The average molecular weight is 223 g/mol. The Labute approximate surface area is 93.6 Å². The van der Waals surface area contributed by atoms with Crippen molar-refractivity contribution in [3.05, 3.63) is 35.4 Å². The Morgan fingerprint density at radius 2 is 2.38 bits per heavy atom. The van der Waals surface area contributed by atoms with E-state index in [2.05, 4.69) is 10.1 Å². The molecule has 3 nitrogen and oxygen atoms in total. The summed E-state index contributed by atoms with van der Waals surface area (Å²) in [4.78, 5) is 11.3. The molecule has 0 saturated carbocycles. The summed E-state index contributed by atoms with van der Waals surface area (Å²) in [7, 11) is 1.31. The summed E-state index contributed by atoms with van der Waals surface area (Å²) in [5.41, 5.74) is 0.874. The fraction of sp³-hybridized carbons (Fsp3) is 0.417. The van der Waals surface area contributed by atoms with Crippen LogP contribution in [0.3, 0.4) is 0 Å². The van der Waals surface area contributed by atoms with Gasteiger partial charge in [0.25, 0.3) is 0 Å². The molecule has 0 radical (unpaired) electrons. The van der Waals surface area contributed by atoms with E-state index in [4.69, 9.17) is 0 Å². The molecule has 0 aliphatic carbocycles. The van der Waals surface area contributed by atoms with Crippen molar-refractivity contribution < 1.29 is 13.9 Å². The van der Waals surface area contributed by atoms with Crippen molar-refractivity contribution in [3.63, 3.8) is 0 Å². The number of methoxy groups -OCH3 is 1. The lowest BCUT2D eigenvalue weighted by atomic mass is 10.0. The minimum absolute atomic E-state index is 0.380. The Balaban J connectivity index is 2.32. The summed E-state index contributed by atoms with van der Waals surface area (Å²) in [6.07, 6.45) is 1.25. The van der Waals surface area contributed by atoms with Crippen molar-refractivity contribution in [3.8, 4) is 0 Å². The molecule has 0 amide bonds. The molecular formula is C12H14FNO2. The number of hydrogen-bond acceptors (Lipinski definition) is 3. The van der Waals surface area contributed by atoms with E-state index in [0.29, 0.717) is 24.1 Å². The Bertz CT molecular complexity index is 400. The Morgan fingerprint density at radius 1 is 1.56 bits per heavy atom. The monoisotopic (exact) mass is 223 g/mol. The highest BCUT2D eigenvalue weighted by Gasteiger charge is 2.35. The highest BCUT2D eigenvalue weighted by molar-refractivity contribution is 5.89. The molecule has 4 heteroatoms. The summed E-state index contributed by atoms with van der Waals surface area (Å²) in [6.45, 7) is 0.666. The van der Waals surface area contributed by atoms with Gasteiger partial charge in [-0.2, -0.15) is 0 Å². The van der Waals surface area contributed by atoms with Crippen molar-refractivity contribution in [2.45, 2.75) is 18.6 Å². The molecule has 1 aliphatic heterocycles. The molecule has 1 heterocycles. The lowest BCUT2D eigenvalue weighted by Gasteiger charge is -2.20. The molecule has 1 aromatic rings. The molecule has 1 N–H and O–H groups in total. The molecule has 1 aromatic carbocycles. The normalized spacial score (nSPS) is 24.4. The van der Waals surface area contributed by atoms with E-state index < -0.39 is 11.8 Å². The largest absolute Gasteiger partial charge is 0.465 e. The predicted molar refractivity (Wildman–Crippen MR) is 57.8 cm³/mol. The minimum Gasteiger partial charge on any atom is -0.465 e. The highest BCUT2D eigenvalue weighted by atomic mass is 19.1. The molecule has 0 aromatic heterocycles. The van der Waals surface area contributed by atoms with Crippen molar-refractivity contribution in [2.24, 2.45) is 0 Å². The first-order valence-electron chi connectivity index (χ1n) is 5.28. The molecular weight excluding hydrogens is 209 g/mol. The van der Waals surface area contributed by atoms with Gasteiger partial charge in [0.1, 0.15) is 0 Å². The van der Waals surface area contributed by atoms with E-state index in [1.165, 1.54) is 7.11 Å². The number of halogens is 1. The van der Waals surface area contributed by atoms with E-state index in [-0.39, 0.29) is 0 Å². The second-order valence-electron chi connectivity index (χ2n) is 3.90. The third-order valence-corrected chi connectivity index (χ3v) is 2.84. The third-order valence-electron chi connectivity index (χ3n) is 2.84. The van der Waals surface area contributed by atoms with Crippen LogP contribution in [0.4, 0.5) is 4.39 Å². The maximum atomic E-state index is 14.3. The molecule has 1 aliphatic rings. The van der Waals surface area contributed by atoms with E-state index >= 15 is 0 Å². The van der Waals surface area contributed by atoms with Crippen molar-refractivity contribution in [1.82, 2.24) is 5.32 Å². The highest BCUT2D eigenvalue weighted by Crippen LogP contribution is 2.32. The Hall–Kier alpha value is -1.42. The van der Waals surface area contributed by atoms with Crippen LogP contribution in [0.5, 0.6) is 0 Å². The first kappa shape index (κ1) is 11.1. The van der Waals surface area contributed by atoms with Crippen LogP contribution in [0.15, 0.2) is 24.3 Å². The summed E-state index contributed by atoms with van der Waals surface area (Å²) in [6, 6.07) is 6.52. The van der Waals surface area contributed by atoms with E-state index in [9.17, 15) is 9.18 Å². The number of benzene rings is 1. The number of carbonyl (C=O) groups excluding carboxylic acids is 1. The number of hydrogen-bond donors (Lipinski definition) is 1. The third kappa shape index (κ3) is 1.93. The zero-order valence-electron chi connectivity index (χ0n) is 9.13. The van der Waals surface area contributed by atoms with Gasteiger partial charge in [0, 0.05) is 12.0 Å². The first-order chi connectivity index (χ1) is 7.65. The van der Waals surface area contributed by atoms with Crippen LogP contribution in [0.2, 0.25) is 0 Å². The number of carbonyl (C=O) groups is 1. The van der Waals surface area contributed by atoms with E-state index in [0.717, 1.165) is 6.42 Å². The molecule has 2 rings (SSSR count). The molecule has 0 spiro atoms. The van der Waals surface area contributed by atoms with Gasteiger partial charge in [0.15, 0.2) is 5.79 Å². The smallest absolute Gasteiger partial charge is 0.337 e. The molecule has 16 heavy (non-hydrogen) atoms. The van der Waals surface area contributed by atoms with Crippen molar-refractivity contribution in [1.29, 1.82) is 0 Å². The summed E-state index contributed by atoms with van der Waals surface area (Å²) in [5, 5.41) is 2.81. The summed E-state index contributed by atoms with van der Waals surface area (Å²) >= 11 is 0. The van der Waals surface area contributed by atoms with Gasteiger partial charge in [0.05, 0.1) is 12.7 Å². The van der Waals surface area contributed by atoms with Gasteiger partial charge in [-0.25, -0.2) is 9.18 Å². The standard InChI is InChI=1S/C12H14FNO2/c1-16-11(15)9-4-2-5-10(8-9)12(13)6-3-7-14-12/h2,4-5,8,14H,3,6-7H2,1H3. The number of ether oxygens (including phenoxy) is 1. The first-order valence-corrected chi connectivity index (χ1v) is 5.28. The fourth-order valence-electron chi connectivity index (χ4n) is 1.96. The molecule has 1 atom stereocenters. The average Bonchev–Trinajstić information content (AvgIpc) is 2.77. The second kappa shape index (κ2) is 4.22. The number of nitrogens with one attached hydrogen (secondary N) is 1. The maximum absolute atomic E-state index is 14.3.